The third-order valence-corrected chi connectivity index (χ3v) is 4.56. The Bertz CT molecular complexity index is 1070. The predicted octanol–water partition coefficient (Wildman–Crippen LogP) is 2.65. The van der Waals surface area contributed by atoms with Gasteiger partial charge < -0.3 is 4.74 Å². The summed E-state index contributed by atoms with van der Waals surface area (Å²) in [5.41, 5.74) is 1.60. The number of amides is 2. The second kappa shape index (κ2) is 7.19. The first-order chi connectivity index (χ1) is 13.6. The normalized spacial score (nSPS) is 13.1. The molecule has 0 fully saturated rings. The van der Waals surface area contributed by atoms with Gasteiger partial charge in [0.2, 0.25) is 0 Å². The Morgan fingerprint density at radius 3 is 2.29 bits per heavy atom. The van der Waals surface area contributed by atoms with Crippen LogP contribution in [0, 0.1) is 0 Å². The van der Waals surface area contributed by atoms with Crippen LogP contribution >= 0.6 is 0 Å². The van der Waals surface area contributed by atoms with Crippen molar-refractivity contribution in [3.05, 3.63) is 71.2 Å². The van der Waals surface area contributed by atoms with E-state index in [1.165, 1.54) is 4.90 Å². The van der Waals surface area contributed by atoms with Crippen molar-refractivity contribution < 1.29 is 19.1 Å². The van der Waals surface area contributed by atoms with Crippen LogP contribution in [0.25, 0.3) is 10.9 Å². The molecular formula is C21H17N3O4. The van der Waals surface area contributed by atoms with E-state index < -0.39 is 5.97 Å². The molecular weight excluding hydrogens is 358 g/mol. The van der Waals surface area contributed by atoms with Crippen molar-refractivity contribution in [2.24, 2.45) is 0 Å². The number of nitrogens with zero attached hydrogens (tertiary/aromatic N) is 3. The zero-order chi connectivity index (χ0) is 19.7. The van der Waals surface area contributed by atoms with Gasteiger partial charge in [0, 0.05) is 18.4 Å². The van der Waals surface area contributed by atoms with E-state index in [4.69, 9.17) is 4.74 Å². The second-order valence-corrected chi connectivity index (χ2v) is 6.28. The Balaban J connectivity index is 1.62. The molecule has 7 heteroatoms. The van der Waals surface area contributed by atoms with Crippen molar-refractivity contribution in [1.82, 2.24) is 14.9 Å². The minimum atomic E-state index is -0.525. The van der Waals surface area contributed by atoms with Gasteiger partial charge in [-0.05, 0) is 25.1 Å². The molecule has 0 spiro atoms. The molecule has 2 aromatic carbocycles. The van der Waals surface area contributed by atoms with E-state index in [1.54, 1.807) is 49.4 Å². The van der Waals surface area contributed by atoms with E-state index in [0.717, 1.165) is 0 Å². The van der Waals surface area contributed by atoms with Gasteiger partial charge in [-0.15, -0.1) is 0 Å². The first kappa shape index (κ1) is 17.8. The van der Waals surface area contributed by atoms with Crippen LogP contribution in [0.2, 0.25) is 0 Å². The highest BCUT2D eigenvalue weighted by molar-refractivity contribution is 6.21. The van der Waals surface area contributed by atoms with Crippen molar-refractivity contribution in [2.75, 3.05) is 13.2 Å². The van der Waals surface area contributed by atoms with Crippen LogP contribution in [-0.4, -0.2) is 45.8 Å². The van der Waals surface area contributed by atoms with Crippen molar-refractivity contribution in [3.8, 4) is 0 Å². The maximum Gasteiger partial charge on any atom is 0.357 e. The smallest absolute Gasteiger partial charge is 0.357 e. The van der Waals surface area contributed by atoms with Gasteiger partial charge in [-0.3, -0.25) is 14.5 Å². The summed E-state index contributed by atoms with van der Waals surface area (Å²) in [6.07, 6.45) is 0.239. The maximum atomic E-state index is 12.5. The highest BCUT2D eigenvalue weighted by atomic mass is 16.5. The molecule has 0 N–H and O–H groups in total. The molecule has 7 nitrogen and oxygen atoms in total. The van der Waals surface area contributed by atoms with Crippen LogP contribution in [-0.2, 0) is 11.2 Å². The van der Waals surface area contributed by atoms with E-state index in [-0.39, 0.29) is 37.1 Å². The van der Waals surface area contributed by atoms with E-state index in [0.29, 0.717) is 27.9 Å². The molecule has 2 heterocycles. The summed E-state index contributed by atoms with van der Waals surface area (Å²) in [4.78, 5) is 47.3. The molecule has 1 aliphatic rings. The zero-order valence-corrected chi connectivity index (χ0v) is 15.2. The molecule has 0 aliphatic carbocycles. The zero-order valence-electron chi connectivity index (χ0n) is 15.2. The van der Waals surface area contributed by atoms with Gasteiger partial charge in [-0.25, -0.2) is 14.8 Å². The Morgan fingerprint density at radius 2 is 1.61 bits per heavy atom. The number of aromatic nitrogens is 2. The van der Waals surface area contributed by atoms with Crippen molar-refractivity contribution in [1.29, 1.82) is 0 Å². The van der Waals surface area contributed by atoms with Crippen LogP contribution in [0.4, 0.5) is 0 Å². The Morgan fingerprint density at radius 1 is 0.964 bits per heavy atom. The lowest BCUT2D eigenvalue weighted by Crippen LogP contribution is -2.32. The number of carbonyl (C=O) groups excluding carboxylic acids is 3. The van der Waals surface area contributed by atoms with Crippen LogP contribution in [0.3, 0.4) is 0 Å². The fourth-order valence-corrected chi connectivity index (χ4v) is 3.25. The molecule has 0 saturated carbocycles. The van der Waals surface area contributed by atoms with Crippen molar-refractivity contribution in [3.63, 3.8) is 0 Å². The number of para-hydroxylation sites is 1. The molecule has 0 saturated heterocycles. The van der Waals surface area contributed by atoms with Gasteiger partial charge >= 0.3 is 5.97 Å². The van der Waals surface area contributed by atoms with Crippen LogP contribution in [0.1, 0.15) is 44.0 Å². The average Bonchev–Trinajstić information content (AvgIpc) is 2.96. The van der Waals surface area contributed by atoms with Gasteiger partial charge in [0.25, 0.3) is 11.8 Å². The monoisotopic (exact) mass is 375 g/mol. The molecule has 0 unspecified atom stereocenters. The lowest BCUT2D eigenvalue weighted by molar-refractivity contribution is 0.0519. The van der Waals surface area contributed by atoms with Gasteiger partial charge in [0.1, 0.15) is 5.82 Å². The summed E-state index contributed by atoms with van der Waals surface area (Å²) in [6.45, 7) is 2.10. The molecule has 0 bridgehead atoms. The minimum Gasteiger partial charge on any atom is -0.461 e. The SMILES string of the molecule is CCOC(=O)c1nc(CCN2C(=O)c3ccccc3C2=O)nc2ccccc12. The number of carbonyl (C=O) groups is 3. The summed E-state index contributed by atoms with van der Waals surface area (Å²) in [6, 6.07) is 13.9. The minimum absolute atomic E-state index is 0.132. The largest absolute Gasteiger partial charge is 0.461 e. The second-order valence-electron chi connectivity index (χ2n) is 6.28. The number of imide groups is 1. The standard InChI is InChI=1S/C21H17N3O4/c1-2-28-21(27)18-15-9-5-6-10-16(15)22-17(23-18)11-12-24-19(25)13-7-3-4-8-14(13)20(24)26/h3-10H,2,11-12H2,1H3. The van der Waals surface area contributed by atoms with Crippen molar-refractivity contribution >= 4 is 28.7 Å². The quantitative estimate of drug-likeness (QED) is 0.503. The third-order valence-electron chi connectivity index (χ3n) is 4.56. The first-order valence-electron chi connectivity index (χ1n) is 8.98. The van der Waals surface area contributed by atoms with Crippen LogP contribution in [0.15, 0.2) is 48.5 Å². The highest BCUT2D eigenvalue weighted by Gasteiger charge is 2.34. The molecule has 1 aliphatic heterocycles. The maximum absolute atomic E-state index is 12.5. The number of hydrogen-bond acceptors (Lipinski definition) is 6. The van der Waals surface area contributed by atoms with E-state index >= 15 is 0 Å². The van der Waals surface area contributed by atoms with Crippen molar-refractivity contribution in [2.45, 2.75) is 13.3 Å². The lowest BCUT2D eigenvalue weighted by atomic mass is 10.1. The number of fused-ring (bicyclic) bond motifs is 2. The summed E-state index contributed by atoms with van der Waals surface area (Å²) >= 11 is 0. The molecule has 2 amide bonds. The Labute approximate surface area is 161 Å². The van der Waals surface area contributed by atoms with Gasteiger partial charge in [-0.1, -0.05) is 30.3 Å². The average molecular weight is 375 g/mol. The molecule has 28 heavy (non-hydrogen) atoms. The van der Waals surface area contributed by atoms with E-state index in [1.807, 2.05) is 6.07 Å². The fraction of sp³-hybridized carbons (Fsp3) is 0.190. The Kier molecular flexibility index (Phi) is 4.57. The molecule has 1 aromatic heterocycles. The fourth-order valence-electron chi connectivity index (χ4n) is 3.25. The molecule has 0 atom stereocenters. The topological polar surface area (TPSA) is 89.5 Å². The molecule has 140 valence electrons. The summed E-state index contributed by atoms with van der Waals surface area (Å²) < 4.78 is 5.10. The van der Waals surface area contributed by atoms with Gasteiger partial charge in [0.15, 0.2) is 5.69 Å². The van der Waals surface area contributed by atoms with Gasteiger partial charge in [-0.2, -0.15) is 0 Å². The predicted molar refractivity (Wildman–Crippen MR) is 101 cm³/mol. The highest BCUT2D eigenvalue weighted by Crippen LogP contribution is 2.23. The number of rotatable bonds is 5. The molecule has 3 aromatic rings. The van der Waals surface area contributed by atoms with E-state index in [2.05, 4.69) is 9.97 Å². The number of esters is 1. The lowest BCUT2D eigenvalue weighted by Gasteiger charge is -2.14. The molecule has 0 radical (unpaired) electrons. The van der Waals surface area contributed by atoms with Crippen LogP contribution < -0.4 is 0 Å². The summed E-state index contributed by atoms with van der Waals surface area (Å²) in [7, 11) is 0. The van der Waals surface area contributed by atoms with Crippen LogP contribution in [0.5, 0.6) is 0 Å². The van der Waals surface area contributed by atoms with Gasteiger partial charge in [0.05, 0.1) is 23.3 Å². The Hall–Kier alpha value is -3.61. The summed E-state index contributed by atoms with van der Waals surface area (Å²) in [5.74, 6) is -0.805. The summed E-state index contributed by atoms with van der Waals surface area (Å²) in [5, 5.41) is 0.602. The molecule has 4 rings (SSSR count). The first-order valence-corrected chi connectivity index (χ1v) is 8.98. The number of benzene rings is 2. The number of hydrogen-bond donors (Lipinski definition) is 0. The third kappa shape index (κ3) is 3.00. The number of ether oxygens (including phenoxy) is 1. The van der Waals surface area contributed by atoms with E-state index in [9.17, 15) is 14.4 Å².